The van der Waals surface area contributed by atoms with Gasteiger partial charge < -0.3 is 15.0 Å². The Labute approximate surface area is 255 Å². The number of thiazole rings is 1. The summed E-state index contributed by atoms with van der Waals surface area (Å²) in [6, 6.07) is 26.1. The van der Waals surface area contributed by atoms with E-state index in [0.29, 0.717) is 17.1 Å². The number of imide groups is 1. The molecule has 7 atom stereocenters. The third-order valence-electron chi connectivity index (χ3n) is 9.38. The predicted octanol–water partition coefficient (Wildman–Crippen LogP) is 5.13. The molecular weight excluding hydrogens is 583 g/mol. The molecule has 2 saturated carbocycles. The van der Waals surface area contributed by atoms with Crippen LogP contribution in [0.5, 0.6) is 5.75 Å². The Hall–Kier alpha value is -4.15. The molecule has 1 saturated heterocycles. The smallest absolute Gasteiger partial charge is 0.305 e. The van der Waals surface area contributed by atoms with Crippen molar-refractivity contribution >= 4 is 52.2 Å². The SMILES string of the molecule is O=C(COc1cccc([C@H]2c3sc(=O)[nH]c3SC3C2[C@H]2C[C@@H]3C3C(=O)N(c4ccccc4)C(=O)C32)c1)Nc1ccccc1. The first-order valence-electron chi connectivity index (χ1n) is 14.4. The van der Waals surface area contributed by atoms with Gasteiger partial charge in [-0.1, -0.05) is 59.9 Å². The van der Waals surface area contributed by atoms with Crippen LogP contribution in [-0.2, 0) is 14.4 Å². The average molecular weight is 610 g/mol. The quantitative estimate of drug-likeness (QED) is 0.294. The van der Waals surface area contributed by atoms with E-state index in [9.17, 15) is 19.2 Å². The Morgan fingerprint density at radius 2 is 1.63 bits per heavy atom. The van der Waals surface area contributed by atoms with E-state index in [2.05, 4.69) is 10.3 Å². The molecule has 0 radical (unpaired) electrons. The first-order chi connectivity index (χ1) is 21.0. The molecule has 2 N–H and O–H groups in total. The molecule has 2 aliphatic carbocycles. The van der Waals surface area contributed by atoms with Crippen LogP contribution >= 0.6 is 23.1 Å². The minimum absolute atomic E-state index is 0.0224. The maximum Gasteiger partial charge on any atom is 0.305 e. The van der Waals surface area contributed by atoms with Gasteiger partial charge in [-0.05, 0) is 66.1 Å². The summed E-state index contributed by atoms with van der Waals surface area (Å²) in [5.41, 5.74) is 2.31. The summed E-state index contributed by atoms with van der Waals surface area (Å²) in [4.78, 5) is 58.0. The molecule has 8 rings (SSSR count). The highest BCUT2D eigenvalue weighted by Crippen LogP contribution is 2.68. The lowest BCUT2D eigenvalue weighted by atomic mass is 9.68. The van der Waals surface area contributed by atoms with E-state index in [1.807, 2.05) is 84.9 Å². The minimum atomic E-state index is -0.361. The number of nitrogens with one attached hydrogen (secondary N) is 2. The highest BCUT2D eigenvalue weighted by Gasteiger charge is 2.69. The Morgan fingerprint density at radius 1 is 0.907 bits per heavy atom. The number of rotatable bonds is 6. The van der Waals surface area contributed by atoms with E-state index >= 15 is 0 Å². The fraction of sp³-hybridized carbons (Fsp3) is 0.273. The summed E-state index contributed by atoms with van der Waals surface area (Å²) < 4.78 is 5.91. The van der Waals surface area contributed by atoms with Crippen LogP contribution in [0.4, 0.5) is 11.4 Å². The van der Waals surface area contributed by atoms with Gasteiger partial charge in [0.05, 0.1) is 22.5 Å². The molecule has 43 heavy (non-hydrogen) atoms. The van der Waals surface area contributed by atoms with Crippen molar-refractivity contribution in [2.45, 2.75) is 22.6 Å². The molecule has 216 valence electrons. The number of thioether (sulfide) groups is 1. The lowest BCUT2D eigenvalue weighted by molar-refractivity contribution is -0.123. The summed E-state index contributed by atoms with van der Waals surface area (Å²) >= 11 is 2.89. The van der Waals surface area contributed by atoms with Gasteiger partial charge in [-0.2, -0.15) is 0 Å². The van der Waals surface area contributed by atoms with Gasteiger partial charge in [0, 0.05) is 21.7 Å². The average Bonchev–Trinajstić information content (AvgIpc) is 3.76. The number of aromatic nitrogens is 1. The van der Waals surface area contributed by atoms with Crippen molar-refractivity contribution in [2.75, 3.05) is 16.8 Å². The number of fused-ring (bicyclic) bond motifs is 9. The van der Waals surface area contributed by atoms with Crippen LogP contribution in [0.1, 0.15) is 22.8 Å². The van der Waals surface area contributed by atoms with Gasteiger partial charge in [0.2, 0.25) is 11.8 Å². The lowest BCUT2D eigenvalue weighted by Crippen LogP contribution is -2.42. The minimum Gasteiger partial charge on any atom is -0.484 e. The van der Waals surface area contributed by atoms with Crippen LogP contribution < -0.4 is 19.8 Å². The molecule has 4 aliphatic rings. The first kappa shape index (κ1) is 26.5. The summed E-state index contributed by atoms with van der Waals surface area (Å²) in [7, 11) is 0. The molecule has 1 aromatic heterocycles. The predicted molar refractivity (Wildman–Crippen MR) is 164 cm³/mol. The number of carbonyl (C=O) groups excluding carboxylic acids is 3. The van der Waals surface area contributed by atoms with Crippen molar-refractivity contribution < 1.29 is 19.1 Å². The zero-order valence-corrected chi connectivity index (χ0v) is 24.5. The maximum absolute atomic E-state index is 13.9. The zero-order chi connectivity index (χ0) is 29.2. The number of hydrogen-bond donors (Lipinski definition) is 2. The lowest BCUT2D eigenvalue weighted by Gasteiger charge is -2.43. The normalized spacial score (nSPS) is 28.4. The summed E-state index contributed by atoms with van der Waals surface area (Å²) in [5.74, 6) is -0.576. The van der Waals surface area contributed by atoms with Crippen LogP contribution in [0.3, 0.4) is 0 Å². The highest BCUT2D eigenvalue weighted by molar-refractivity contribution is 8.00. The zero-order valence-electron chi connectivity index (χ0n) is 22.8. The van der Waals surface area contributed by atoms with Crippen LogP contribution in [0.25, 0.3) is 0 Å². The van der Waals surface area contributed by atoms with Crippen molar-refractivity contribution in [1.29, 1.82) is 0 Å². The molecule has 4 unspecified atom stereocenters. The van der Waals surface area contributed by atoms with Crippen LogP contribution in [0, 0.1) is 29.6 Å². The fourth-order valence-electron chi connectivity index (χ4n) is 7.89. The largest absolute Gasteiger partial charge is 0.484 e. The second-order valence-corrected chi connectivity index (χ2v) is 13.8. The van der Waals surface area contributed by atoms with Gasteiger partial charge in [-0.3, -0.25) is 24.1 Å². The monoisotopic (exact) mass is 609 g/mol. The van der Waals surface area contributed by atoms with Crippen molar-refractivity contribution in [2.24, 2.45) is 29.6 Å². The van der Waals surface area contributed by atoms with Gasteiger partial charge >= 0.3 is 4.87 Å². The number of para-hydroxylation sites is 2. The van der Waals surface area contributed by atoms with Crippen LogP contribution in [0.2, 0.25) is 0 Å². The van der Waals surface area contributed by atoms with E-state index < -0.39 is 0 Å². The van der Waals surface area contributed by atoms with Crippen LogP contribution in [-0.4, -0.2) is 34.6 Å². The van der Waals surface area contributed by atoms with E-state index in [4.69, 9.17) is 4.74 Å². The van der Waals surface area contributed by atoms with Gasteiger partial charge in [-0.15, -0.1) is 11.8 Å². The third kappa shape index (κ3) is 4.26. The van der Waals surface area contributed by atoms with Crippen molar-refractivity contribution in [1.82, 2.24) is 4.98 Å². The molecule has 3 aromatic carbocycles. The Balaban J connectivity index is 1.10. The van der Waals surface area contributed by atoms with Crippen molar-refractivity contribution in [3.63, 3.8) is 0 Å². The molecule has 10 heteroatoms. The third-order valence-corrected chi connectivity index (χ3v) is 12.0. The van der Waals surface area contributed by atoms with Crippen molar-refractivity contribution in [3.05, 3.63) is 105 Å². The Kier molecular flexibility index (Phi) is 6.30. The second-order valence-electron chi connectivity index (χ2n) is 11.6. The standard InChI is InChI=1S/C33H27N3O5S2/c37-23(34-18-9-3-1-4-10-18)16-41-20-13-7-8-17(14-20)24-25-21-15-22(28(25)42-30-29(24)43-33(40)35-30)27-26(21)31(38)36(32(27)39)19-11-5-2-6-12-19/h1-14,21-22,24-28H,15-16H2,(H,34,37)(H,35,40)/t21-,22-,24-,25?,26?,27?,28?/m1/s1. The molecule has 0 spiro atoms. The number of ether oxygens (including phenoxy) is 1. The van der Waals surface area contributed by atoms with Gasteiger partial charge in [-0.25, -0.2) is 0 Å². The van der Waals surface area contributed by atoms with Crippen LogP contribution in [0.15, 0.2) is 94.7 Å². The number of amides is 3. The molecule has 2 bridgehead atoms. The van der Waals surface area contributed by atoms with E-state index in [1.54, 1.807) is 11.8 Å². The summed E-state index contributed by atoms with van der Waals surface area (Å²) in [6.07, 6.45) is 0.823. The molecule has 3 amide bonds. The number of benzene rings is 3. The molecule has 2 aliphatic heterocycles. The second kappa shape index (κ2) is 10.2. The number of aromatic amines is 1. The fourth-order valence-corrected chi connectivity index (χ4v) is 10.8. The van der Waals surface area contributed by atoms with Gasteiger partial charge in [0.15, 0.2) is 6.61 Å². The number of H-pyrrole nitrogens is 1. The summed E-state index contributed by atoms with van der Waals surface area (Å²) in [5, 5.41) is 3.79. The Morgan fingerprint density at radius 3 is 2.40 bits per heavy atom. The number of carbonyl (C=O) groups is 3. The molecule has 3 fully saturated rings. The van der Waals surface area contributed by atoms with Crippen molar-refractivity contribution in [3.8, 4) is 5.75 Å². The number of nitrogens with zero attached hydrogens (tertiary/aromatic N) is 1. The molecular formula is C33H27N3O5S2. The number of hydrogen-bond acceptors (Lipinski definition) is 7. The first-order valence-corrected chi connectivity index (χ1v) is 16.1. The van der Waals surface area contributed by atoms with E-state index in [0.717, 1.165) is 21.9 Å². The van der Waals surface area contributed by atoms with Gasteiger partial charge in [0.1, 0.15) is 5.75 Å². The highest BCUT2D eigenvalue weighted by atomic mass is 32.2. The Bertz CT molecular complexity index is 1810. The van der Waals surface area contributed by atoms with E-state index in [-0.39, 0.29) is 70.0 Å². The van der Waals surface area contributed by atoms with E-state index in [1.165, 1.54) is 16.2 Å². The molecule has 4 aromatic rings. The number of anilines is 2. The topological polar surface area (TPSA) is 109 Å². The summed E-state index contributed by atoms with van der Waals surface area (Å²) in [6.45, 7) is -0.145. The molecule has 8 nitrogen and oxygen atoms in total. The van der Waals surface area contributed by atoms with Gasteiger partial charge in [0.25, 0.3) is 5.91 Å². The molecule has 3 heterocycles. The maximum atomic E-state index is 13.9.